The van der Waals surface area contributed by atoms with Gasteiger partial charge in [-0.05, 0) is 79.8 Å². The maximum absolute atomic E-state index is 13.9. The number of aliphatic carboxylic acids is 1. The van der Waals surface area contributed by atoms with E-state index in [9.17, 15) is 14.7 Å². The van der Waals surface area contributed by atoms with Crippen molar-refractivity contribution in [1.82, 2.24) is 9.80 Å². The molecule has 37 heavy (non-hydrogen) atoms. The Morgan fingerprint density at radius 1 is 1.05 bits per heavy atom. The Kier molecular flexibility index (Phi) is 6.84. The lowest BCUT2D eigenvalue weighted by Gasteiger charge is -2.37. The number of rotatable bonds is 5. The zero-order valence-electron chi connectivity index (χ0n) is 21.1. The standard InChI is InChI=1S/C28H29Cl2N3O3S/c1-15(2)22-23(25(34)32-16(3)5-14-21(32)26(35)36)37-27-31-28(4,18-8-12-20(30)13-9-18)24(33(22)27)17-6-10-19(29)11-7-17/h6-13,15-16,21,24H,5,14H2,1-4H3,(H,35,36)/t16-,21+,24-,28+/m1/s1. The van der Waals surface area contributed by atoms with E-state index in [2.05, 4.69) is 25.7 Å². The predicted octanol–water partition coefficient (Wildman–Crippen LogP) is 6.70. The maximum atomic E-state index is 13.9. The molecule has 4 atom stereocenters. The van der Waals surface area contributed by atoms with Crippen molar-refractivity contribution in [3.05, 3.63) is 80.3 Å². The summed E-state index contributed by atoms with van der Waals surface area (Å²) in [4.78, 5) is 35.4. The Bertz CT molecular complexity index is 1310. The summed E-state index contributed by atoms with van der Waals surface area (Å²) >= 11 is 13.8. The van der Waals surface area contributed by atoms with E-state index in [0.29, 0.717) is 27.8 Å². The van der Waals surface area contributed by atoms with E-state index in [4.69, 9.17) is 28.2 Å². The Hall–Kier alpha value is -2.48. The number of carbonyl (C=O) groups excluding carboxylic acids is 1. The van der Waals surface area contributed by atoms with E-state index < -0.39 is 17.6 Å². The van der Waals surface area contributed by atoms with Crippen LogP contribution in [-0.2, 0) is 15.1 Å². The van der Waals surface area contributed by atoms with Gasteiger partial charge in [0, 0.05) is 21.8 Å². The highest BCUT2D eigenvalue weighted by Crippen LogP contribution is 2.56. The number of likely N-dealkylation sites (tertiary alicyclic amines) is 1. The summed E-state index contributed by atoms with van der Waals surface area (Å²) in [6, 6.07) is 14.3. The number of halogens is 2. The van der Waals surface area contributed by atoms with Crippen LogP contribution in [-0.4, -0.2) is 44.0 Å². The van der Waals surface area contributed by atoms with Crippen molar-refractivity contribution in [2.45, 2.75) is 64.2 Å². The van der Waals surface area contributed by atoms with Crippen LogP contribution >= 0.6 is 35.0 Å². The van der Waals surface area contributed by atoms with Crippen LogP contribution in [0, 0.1) is 5.92 Å². The Morgan fingerprint density at radius 3 is 2.22 bits per heavy atom. The Labute approximate surface area is 231 Å². The zero-order chi connectivity index (χ0) is 26.6. The summed E-state index contributed by atoms with van der Waals surface area (Å²) in [5, 5.41) is 11.8. The second-order valence-electron chi connectivity index (χ2n) is 10.3. The van der Waals surface area contributed by atoms with Gasteiger partial charge in [0.1, 0.15) is 16.5 Å². The molecule has 6 nitrogen and oxygen atoms in total. The number of nitrogens with zero attached hydrogens (tertiary/aromatic N) is 3. The third kappa shape index (κ3) is 4.35. The number of thioether (sulfide) groups is 1. The van der Waals surface area contributed by atoms with Crippen LogP contribution < -0.4 is 0 Å². The molecule has 1 saturated heterocycles. The predicted molar refractivity (Wildman–Crippen MR) is 149 cm³/mol. The molecule has 194 valence electrons. The lowest BCUT2D eigenvalue weighted by molar-refractivity contribution is -0.147. The average Bonchev–Trinajstić information content (AvgIpc) is 3.49. The van der Waals surface area contributed by atoms with E-state index in [-0.39, 0.29) is 23.9 Å². The van der Waals surface area contributed by atoms with E-state index in [0.717, 1.165) is 22.0 Å². The van der Waals surface area contributed by atoms with Crippen LogP contribution in [0.5, 0.6) is 0 Å². The number of aliphatic imine (C=N–C) groups is 1. The van der Waals surface area contributed by atoms with Gasteiger partial charge in [-0.2, -0.15) is 0 Å². The largest absolute Gasteiger partial charge is 0.480 e. The van der Waals surface area contributed by atoms with E-state index in [1.165, 1.54) is 11.8 Å². The van der Waals surface area contributed by atoms with Gasteiger partial charge in [0.05, 0.1) is 6.04 Å². The van der Waals surface area contributed by atoms with Crippen molar-refractivity contribution in [2.24, 2.45) is 10.9 Å². The van der Waals surface area contributed by atoms with Crippen LogP contribution in [0.15, 0.2) is 64.1 Å². The molecule has 9 heteroatoms. The van der Waals surface area contributed by atoms with Crippen molar-refractivity contribution in [3.63, 3.8) is 0 Å². The first kappa shape index (κ1) is 26.1. The highest BCUT2D eigenvalue weighted by Gasteiger charge is 2.54. The maximum Gasteiger partial charge on any atom is 0.326 e. The second-order valence-corrected chi connectivity index (χ2v) is 12.2. The number of carboxylic acid groups (broad SMARTS) is 1. The molecule has 0 aromatic heterocycles. The number of amidine groups is 1. The summed E-state index contributed by atoms with van der Waals surface area (Å²) in [7, 11) is 0. The number of carbonyl (C=O) groups is 2. The third-order valence-electron chi connectivity index (χ3n) is 7.55. The molecule has 1 amide bonds. The molecular formula is C28H29Cl2N3O3S. The zero-order valence-corrected chi connectivity index (χ0v) is 23.4. The minimum Gasteiger partial charge on any atom is -0.480 e. The first-order valence-electron chi connectivity index (χ1n) is 12.4. The molecular weight excluding hydrogens is 529 g/mol. The molecule has 0 bridgehead atoms. The summed E-state index contributed by atoms with van der Waals surface area (Å²) in [6.45, 7) is 8.14. The van der Waals surface area contributed by atoms with Gasteiger partial charge in [0.2, 0.25) is 0 Å². The summed E-state index contributed by atoms with van der Waals surface area (Å²) < 4.78 is 0. The Balaban J connectivity index is 1.64. The van der Waals surface area contributed by atoms with Crippen LogP contribution in [0.2, 0.25) is 10.0 Å². The number of fused-ring (bicyclic) bond motifs is 1. The average molecular weight is 559 g/mol. The van der Waals surface area contributed by atoms with Gasteiger partial charge in [-0.1, -0.05) is 61.3 Å². The minimum absolute atomic E-state index is 0.00250. The minimum atomic E-state index is -0.959. The first-order valence-corrected chi connectivity index (χ1v) is 14.0. The molecule has 0 spiro atoms. The normalized spacial score (nSPS) is 27.2. The van der Waals surface area contributed by atoms with Crippen molar-refractivity contribution in [1.29, 1.82) is 0 Å². The number of amides is 1. The SMILES string of the molecule is CC(C)C1=C(C(=O)N2[C@H](C)CC[C@H]2C(=O)O)SC2=N[C@@](C)(c3ccc(Cl)cc3)[C@@H](c3ccc(Cl)cc3)N21. The number of allylic oxidation sites excluding steroid dienone is 1. The number of hydrogen-bond donors (Lipinski definition) is 1. The highest BCUT2D eigenvalue weighted by atomic mass is 35.5. The molecule has 1 fully saturated rings. The van der Waals surface area contributed by atoms with Crippen molar-refractivity contribution in [2.75, 3.05) is 0 Å². The van der Waals surface area contributed by atoms with Gasteiger partial charge in [0.15, 0.2) is 5.17 Å². The molecule has 3 heterocycles. The fraction of sp³-hybridized carbons (Fsp3) is 0.393. The third-order valence-corrected chi connectivity index (χ3v) is 9.12. The highest BCUT2D eigenvalue weighted by molar-refractivity contribution is 8.18. The molecule has 0 radical (unpaired) electrons. The summed E-state index contributed by atoms with van der Waals surface area (Å²) in [5.41, 5.74) is 2.25. The van der Waals surface area contributed by atoms with Gasteiger partial charge in [0.25, 0.3) is 5.91 Å². The van der Waals surface area contributed by atoms with Crippen LogP contribution in [0.3, 0.4) is 0 Å². The fourth-order valence-corrected chi connectivity index (χ4v) is 7.35. The van der Waals surface area contributed by atoms with Crippen molar-refractivity contribution >= 4 is 52.0 Å². The second kappa shape index (κ2) is 9.68. The van der Waals surface area contributed by atoms with Crippen molar-refractivity contribution in [3.8, 4) is 0 Å². The number of hydrogen-bond acceptors (Lipinski definition) is 5. The molecule has 3 aliphatic heterocycles. The smallest absolute Gasteiger partial charge is 0.326 e. The first-order chi connectivity index (χ1) is 17.5. The molecule has 2 aromatic rings. The number of benzene rings is 2. The van der Waals surface area contributed by atoms with Gasteiger partial charge >= 0.3 is 5.97 Å². The lowest BCUT2D eigenvalue weighted by atomic mass is 9.81. The molecule has 3 aliphatic rings. The van der Waals surface area contributed by atoms with E-state index >= 15 is 0 Å². The quantitative estimate of drug-likeness (QED) is 0.442. The molecule has 0 aliphatic carbocycles. The summed E-state index contributed by atoms with van der Waals surface area (Å²) in [5.74, 6) is -1.19. The molecule has 0 unspecified atom stereocenters. The van der Waals surface area contributed by atoms with Gasteiger partial charge < -0.3 is 14.9 Å². The van der Waals surface area contributed by atoms with Crippen LogP contribution in [0.4, 0.5) is 0 Å². The molecule has 2 aromatic carbocycles. The molecule has 0 saturated carbocycles. The van der Waals surface area contributed by atoms with E-state index in [1.54, 1.807) is 4.90 Å². The van der Waals surface area contributed by atoms with Crippen LogP contribution in [0.1, 0.15) is 57.7 Å². The van der Waals surface area contributed by atoms with Gasteiger partial charge in [-0.3, -0.25) is 4.79 Å². The van der Waals surface area contributed by atoms with Crippen LogP contribution in [0.25, 0.3) is 0 Å². The van der Waals surface area contributed by atoms with E-state index in [1.807, 2.05) is 55.5 Å². The van der Waals surface area contributed by atoms with Crippen molar-refractivity contribution < 1.29 is 14.7 Å². The monoisotopic (exact) mass is 557 g/mol. The topological polar surface area (TPSA) is 73.2 Å². The lowest BCUT2D eigenvalue weighted by Crippen LogP contribution is -2.44. The van der Waals surface area contributed by atoms with Gasteiger partial charge in [-0.15, -0.1) is 0 Å². The van der Waals surface area contributed by atoms with Gasteiger partial charge in [-0.25, -0.2) is 9.79 Å². The Morgan fingerprint density at radius 2 is 1.65 bits per heavy atom. The summed E-state index contributed by atoms with van der Waals surface area (Å²) in [6.07, 6.45) is 1.13. The fourth-order valence-electron chi connectivity index (χ4n) is 5.75. The molecule has 5 rings (SSSR count). The number of carboxylic acids is 1. The molecule has 1 N–H and O–H groups in total.